The molecular weight excluding hydrogens is 136 g/mol. The number of aliphatic hydroxyl groups is 1. The van der Waals surface area contributed by atoms with Crippen LogP contribution in [0.4, 0.5) is 4.79 Å². The number of carbonyl (C=O) groups excluding carboxylic acids is 1. The Balaban J connectivity index is 3.46. The lowest BCUT2D eigenvalue weighted by molar-refractivity contribution is 0.112. The summed E-state index contributed by atoms with van der Waals surface area (Å²) in [6.07, 6.45) is -0.335. The van der Waals surface area contributed by atoms with Crippen LogP contribution in [0.2, 0.25) is 0 Å². The second-order valence-electron chi connectivity index (χ2n) is 1.44. The van der Waals surface area contributed by atoms with Crippen LogP contribution in [0, 0.1) is 0 Å². The lowest BCUT2D eigenvalue weighted by Gasteiger charge is -2.07. The summed E-state index contributed by atoms with van der Waals surface area (Å²) in [6, 6.07) is 0. The summed E-state index contributed by atoms with van der Waals surface area (Å²) in [6.45, 7) is 2.81. The first-order valence-corrected chi connectivity index (χ1v) is 2.64. The van der Waals surface area contributed by atoms with Crippen molar-refractivity contribution in [2.24, 2.45) is 5.73 Å². The predicted octanol–water partition coefficient (Wildman–Crippen LogP) is -0.867. The Bertz CT molecular complexity index is 126. The highest BCUT2D eigenvalue weighted by Gasteiger charge is 2.02. The maximum absolute atomic E-state index is 10.4. The molecule has 0 bridgehead atoms. The molecule has 5 heteroatoms. The average Bonchev–Trinajstić information content (AvgIpc) is 1.88. The first-order chi connectivity index (χ1) is 4.70. The number of carbonyl (C=O) groups is 1. The zero-order valence-electron chi connectivity index (χ0n) is 5.41. The van der Waals surface area contributed by atoms with Crippen molar-refractivity contribution in [3.05, 3.63) is 12.7 Å². The number of ether oxygens (including phenoxy) is 1. The molecule has 0 rings (SSSR count). The van der Waals surface area contributed by atoms with E-state index >= 15 is 0 Å². The van der Waals surface area contributed by atoms with Crippen LogP contribution in [0.3, 0.4) is 0 Å². The topological polar surface area (TPSA) is 84.6 Å². The second-order valence-corrected chi connectivity index (χ2v) is 1.44. The Morgan fingerprint density at radius 3 is 3.00 bits per heavy atom. The van der Waals surface area contributed by atoms with E-state index in [0.717, 1.165) is 0 Å². The minimum atomic E-state index is -0.827. The average molecular weight is 146 g/mol. The molecule has 0 fully saturated rings. The highest BCUT2D eigenvalue weighted by Crippen LogP contribution is 1.83. The maximum Gasteiger partial charge on any atom is 0.410 e. The minimum Gasteiger partial charge on any atom is -0.427 e. The van der Waals surface area contributed by atoms with Gasteiger partial charge in [0.05, 0.1) is 0 Å². The fraction of sp³-hybridized carbons (Fsp3) is 0.400. The van der Waals surface area contributed by atoms with Gasteiger partial charge in [-0.25, -0.2) is 4.79 Å². The number of rotatable bonds is 3. The van der Waals surface area contributed by atoms with Gasteiger partial charge in [0.25, 0.3) is 0 Å². The molecule has 4 N–H and O–H groups in total. The molecule has 1 atom stereocenters. The van der Waals surface area contributed by atoms with Crippen molar-refractivity contribution in [3.63, 3.8) is 0 Å². The van der Waals surface area contributed by atoms with Crippen molar-refractivity contribution >= 4 is 6.09 Å². The summed E-state index contributed by atoms with van der Waals surface area (Å²) < 4.78 is 4.39. The third-order valence-electron chi connectivity index (χ3n) is 0.699. The van der Waals surface area contributed by atoms with Gasteiger partial charge in [0.15, 0.2) is 6.23 Å². The van der Waals surface area contributed by atoms with Crippen LogP contribution in [0.25, 0.3) is 0 Å². The lowest BCUT2D eigenvalue weighted by Crippen LogP contribution is -2.32. The Morgan fingerprint density at radius 1 is 2.00 bits per heavy atom. The maximum atomic E-state index is 10.4. The number of amides is 1. The van der Waals surface area contributed by atoms with Gasteiger partial charge < -0.3 is 9.84 Å². The van der Waals surface area contributed by atoms with Crippen molar-refractivity contribution in [2.45, 2.75) is 6.23 Å². The molecule has 0 spiro atoms. The number of nitrogens with two attached hydrogens (primary N) is 1. The van der Waals surface area contributed by atoms with Gasteiger partial charge in [-0.15, -0.1) is 0 Å². The molecule has 0 aliphatic heterocycles. The molecule has 0 aromatic carbocycles. The molecule has 0 aromatic heterocycles. The number of alkyl carbamates (subject to hydrolysis) is 1. The van der Waals surface area contributed by atoms with Crippen molar-refractivity contribution in [1.29, 1.82) is 0 Å². The Morgan fingerprint density at radius 2 is 2.60 bits per heavy atom. The van der Waals surface area contributed by atoms with E-state index in [-0.39, 0.29) is 0 Å². The molecule has 0 radical (unpaired) electrons. The largest absolute Gasteiger partial charge is 0.427 e. The van der Waals surface area contributed by atoms with E-state index in [4.69, 9.17) is 10.8 Å². The molecule has 10 heavy (non-hydrogen) atoms. The van der Waals surface area contributed by atoms with Crippen LogP contribution < -0.4 is 11.1 Å². The highest BCUT2D eigenvalue weighted by atomic mass is 16.6. The molecule has 0 aliphatic rings. The predicted molar refractivity (Wildman–Crippen MR) is 34.9 cm³/mol. The van der Waals surface area contributed by atoms with Crippen molar-refractivity contribution in [2.75, 3.05) is 6.73 Å². The van der Waals surface area contributed by atoms with Crippen LogP contribution in [0.5, 0.6) is 0 Å². The standard InChI is InChI=1S/C5H10N2O3/c1-2-4(6)10-5(9)7-3-8/h2,4,8H,1,3,6H2,(H,7,9). The molecule has 0 heterocycles. The Hall–Kier alpha value is -1.07. The molecule has 58 valence electrons. The molecule has 0 saturated heterocycles. The van der Waals surface area contributed by atoms with Gasteiger partial charge in [-0.2, -0.15) is 0 Å². The van der Waals surface area contributed by atoms with Gasteiger partial charge in [0, 0.05) is 0 Å². The first-order valence-electron chi connectivity index (χ1n) is 2.64. The summed E-state index contributed by atoms with van der Waals surface area (Å²) in [7, 11) is 0. The zero-order chi connectivity index (χ0) is 7.98. The number of nitrogens with one attached hydrogen (secondary N) is 1. The van der Waals surface area contributed by atoms with E-state index in [9.17, 15) is 4.79 Å². The lowest BCUT2D eigenvalue weighted by atomic mass is 10.6. The molecular formula is C5H10N2O3. The van der Waals surface area contributed by atoms with Crippen LogP contribution in [-0.2, 0) is 4.74 Å². The molecule has 0 aliphatic carbocycles. The summed E-state index contributed by atoms with van der Waals surface area (Å²) in [4.78, 5) is 10.4. The Kier molecular flexibility index (Phi) is 4.26. The number of aliphatic hydroxyl groups excluding tert-OH is 1. The molecule has 1 amide bonds. The molecule has 0 saturated carbocycles. The van der Waals surface area contributed by atoms with E-state index in [2.05, 4.69) is 11.3 Å². The van der Waals surface area contributed by atoms with Crippen LogP contribution in [0.1, 0.15) is 0 Å². The first kappa shape index (κ1) is 8.93. The second kappa shape index (κ2) is 4.78. The smallest absolute Gasteiger partial charge is 0.410 e. The van der Waals surface area contributed by atoms with Crippen molar-refractivity contribution in [1.82, 2.24) is 5.32 Å². The minimum absolute atomic E-state index is 0.470. The number of hydrogen-bond acceptors (Lipinski definition) is 4. The normalized spacial score (nSPS) is 11.8. The monoisotopic (exact) mass is 146 g/mol. The summed E-state index contributed by atoms with van der Waals surface area (Å²) in [5.74, 6) is 0. The van der Waals surface area contributed by atoms with Gasteiger partial charge >= 0.3 is 6.09 Å². The van der Waals surface area contributed by atoms with E-state index < -0.39 is 19.1 Å². The fourth-order valence-corrected chi connectivity index (χ4v) is 0.278. The summed E-state index contributed by atoms with van der Waals surface area (Å²) in [5.41, 5.74) is 5.12. The third-order valence-corrected chi connectivity index (χ3v) is 0.699. The van der Waals surface area contributed by atoms with Gasteiger partial charge in [0.1, 0.15) is 6.73 Å². The molecule has 0 aromatic rings. The molecule has 5 nitrogen and oxygen atoms in total. The molecule has 1 unspecified atom stereocenters. The highest BCUT2D eigenvalue weighted by molar-refractivity contribution is 5.67. The van der Waals surface area contributed by atoms with Gasteiger partial charge in [-0.1, -0.05) is 6.58 Å². The van der Waals surface area contributed by atoms with E-state index in [0.29, 0.717) is 0 Å². The van der Waals surface area contributed by atoms with Crippen LogP contribution >= 0.6 is 0 Å². The number of hydrogen-bond donors (Lipinski definition) is 3. The quantitative estimate of drug-likeness (QED) is 0.357. The summed E-state index contributed by atoms with van der Waals surface area (Å²) >= 11 is 0. The van der Waals surface area contributed by atoms with Crippen molar-refractivity contribution in [3.8, 4) is 0 Å². The van der Waals surface area contributed by atoms with Gasteiger partial charge in [-0.3, -0.25) is 11.1 Å². The van der Waals surface area contributed by atoms with Crippen molar-refractivity contribution < 1.29 is 14.6 Å². The fourth-order valence-electron chi connectivity index (χ4n) is 0.278. The van der Waals surface area contributed by atoms with Gasteiger partial charge in [-0.05, 0) is 6.08 Å². The summed E-state index contributed by atoms with van der Waals surface area (Å²) in [5, 5.41) is 10.1. The zero-order valence-corrected chi connectivity index (χ0v) is 5.41. The van der Waals surface area contributed by atoms with Crippen LogP contribution in [0.15, 0.2) is 12.7 Å². The van der Waals surface area contributed by atoms with Crippen LogP contribution in [-0.4, -0.2) is 24.2 Å². The van der Waals surface area contributed by atoms with E-state index in [1.807, 2.05) is 5.32 Å². The SMILES string of the molecule is C=CC(N)OC(=O)NCO. The third kappa shape index (κ3) is 3.88. The van der Waals surface area contributed by atoms with E-state index in [1.165, 1.54) is 6.08 Å². The Labute approximate surface area is 58.5 Å². The van der Waals surface area contributed by atoms with Gasteiger partial charge in [0.2, 0.25) is 0 Å². The van der Waals surface area contributed by atoms with E-state index in [1.54, 1.807) is 0 Å².